The minimum absolute atomic E-state index is 0.0326. The van der Waals surface area contributed by atoms with Crippen LogP contribution in [0, 0.1) is 11.8 Å². The third-order valence-corrected chi connectivity index (χ3v) is 6.64. The van der Waals surface area contributed by atoms with Gasteiger partial charge in [0.1, 0.15) is 0 Å². The molecule has 0 bridgehead atoms. The predicted molar refractivity (Wildman–Crippen MR) is 113 cm³/mol. The summed E-state index contributed by atoms with van der Waals surface area (Å²) in [5.41, 5.74) is 1.41. The summed E-state index contributed by atoms with van der Waals surface area (Å²) >= 11 is 0. The van der Waals surface area contributed by atoms with Gasteiger partial charge in [-0.25, -0.2) is 17.9 Å². The van der Waals surface area contributed by atoms with E-state index in [0.717, 1.165) is 24.8 Å². The number of hydrogen-bond donors (Lipinski definition) is 3. The summed E-state index contributed by atoms with van der Waals surface area (Å²) in [6, 6.07) is 9.46. The van der Waals surface area contributed by atoms with Crippen LogP contribution in [0.25, 0.3) is 0 Å². The van der Waals surface area contributed by atoms with Gasteiger partial charge < -0.3 is 10.6 Å². The van der Waals surface area contributed by atoms with Crippen LogP contribution in [-0.2, 0) is 16.6 Å². The van der Waals surface area contributed by atoms with Gasteiger partial charge >= 0.3 is 6.03 Å². The minimum Gasteiger partial charge on any atom is -0.334 e. The Balaban J connectivity index is 1.55. The second-order valence-electron chi connectivity index (χ2n) is 7.93. The van der Waals surface area contributed by atoms with Crippen molar-refractivity contribution in [2.75, 3.05) is 5.32 Å². The molecule has 1 aromatic carbocycles. The van der Waals surface area contributed by atoms with E-state index in [2.05, 4.69) is 34.2 Å². The molecule has 3 N–H and O–H groups in total. The molecule has 29 heavy (non-hydrogen) atoms. The van der Waals surface area contributed by atoms with E-state index in [1.165, 1.54) is 12.1 Å². The van der Waals surface area contributed by atoms with Crippen LogP contribution in [0.2, 0.25) is 0 Å². The highest BCUT2D eigenvalue weighted by atomic mass is 32.2. The number of pyridine rings is 1. The molecule has 2 atom stereocenters. The third-order valence-electron chi connectivity index (χ3n) is 5.10. The Kier molecular flexibility index (Phi) is 6.87. The maximum atomic E-state index is 12.7. The van der Waals surface area contributed by atoms with Gasteiger partial charge in [0, 0.05) is 30.7 Å². The number of hydrogen-bond acceptors (Lipinski definition) is 4. The van der Waals surface area contributed by atoms with Gasteiger partial charge in [-0.1, -0.05) is 19.9 Å². The van der Waals surface area contributed by atoms with Crippen molar-refractivity contribution in [3.05, 3.63) is 54.4 Å². The van der Waals surface area contributed by atoms with E-state index in [9.17, 15) is 13.2 Å². The molecule has 2 amide bonds. The van der Waals surface area contributed by atoms with E-state index in [1.54, 1.807) is 30.6 Å². The highest BCUT2D eigenvalue weighted by molar-refractivity contribution is 7.89. The number of carbonyl (C=O) groups excluding carboxylic acids is 1. The largest absolute Gasteiger partial charge is 0.334 e. The standard InChI is InChI=1S/C21H28N4O3S/c1-15-10-16(2)12-19(11-15)25-29(27,28)20-7-5-18(6-8-20)24-21(26)23-14-17-4-3-9-22-13-17/h3-9,13,15-16,19,25H,10-12,14H2,1-2H3,(H2,23,24,26). The molecule has 156 valence electrons. The molecule has 0 radical (unpaired) electrons. The summed E-state index contributed by atoms with van der Waals surface area (Å²) in [6.07, 6.45) is 6.21. The molecule has 8 heteroatoms. The van der Waals surface area contributed by atoms with Gasteiger partial charge in [-0.05, 0) is 67.0 Å². The monoisotopic (exact) mass is 416 g/mol. The first kappa shape index (κ1) is 21.3. The summed E-state index contributed by atoms with van der Waals surface area (Å²) in [5.74, 6) is 1.03. The van der Waals surface area contributed by atoms with Gasteiger partial charge in [0.15, 0.2) is 0 Å². The fourth-order valence-electron chi connectivity index (χ4n) is 3.91. The highest BCUT2D eigenvalue weighted by Gasteiger charge is 2.27. The topological polar surface area (TPSA) is 100 Å². The molecule has 1 heterocycles. The number of nitrogens with one attached hydrogen (secondary N) is 3. The number of amides is 2. The van der Waals surface area contributed by atoms with Crippen molar-refractivity contribution in [1.82, 2.24) is 15.0 Å². The van der Waals surface area contributed by atoms with Gasteiger partial charge in [0.25, 0.3) is 0 Å². The van der Waals surface area contributed by atoms with E-state index in [4.69, 9.17) is 0 Å². The zero-order valence-electron chi connectivity index (χ0n) is 16.8. The SMILES string of the molecule is CC1CC(C)CC(NS(=O)(=O)c2ccc(NC(=O)NCc3cccnc3)cc2)C1. The summed E-state index contributed by atoms with van der Waals surface area (Å²) < 4.78 is 28.2. The average Bonchev–Trinajstić information content (AvgIpc) is 2.66. The smallest absolute Gasteiger partial charge is 0.319 e. The number of carbonyl (C=O) groups is 1. The van der Waals surface area contributed by atoms with Gasteiger partial charge in [-0.2, -0.15) is 0 Å². The molecule has 1 aliphatic carbocycles. The molecule has 1 aromatic heterocycles. The average molecular weight is 417 g/mol. The number of nitrogens with zero attached hydrogens (tertiary/aromatic N) is 1. The molecule has 3 rings (SSSR count). The first-order valence-corrected chi connectivity index (χ1v) is 11.4. The van der Waals surface area contributed by atoms with Crippen molar-refractivity contribution in [2.24, 2.45) is 11.8 Å². The molecule has 0 aliphatic heterocycles. The van der Waals surface area contributed by atoms with Crippen molar-refractivity contribution in [3.63, 3.8) is 0 Å². The maximum Gasteiger partial charge on any atom is 0.319 e. The normalized spacial score (nSPS) is 22.1. The van der Waals surface area contributed by atoms with Gasteiger partial charge in [-0.15, -0.1) is 0 Å². The quantitative estimate of drug-likeness (QED) is 0.671. The lowest BCUT2D eigenvalue weighted by molar-refractivity contribution is 0.251. The third kappa shape index (κ3) is 6.27. The second-order valence-corrected chi connectivity index (χ2v) is 9.64. The van der Waals surface area contributed by atoms with Gasteiger partial charge in [0.2, 0.25) is 10.0 Å². The molecule has 7 nitrogen and oxygen atoms in total. The molecule has 1 saturated carbocycles. The molecule has 2 unspecified atom stereocenters. The van der Waals surface area contributed by atoms with Crippen LogP contribution >= 0.6 is 0 Å². The fourth-order valence-corrected chi connectivity index (χ4v) is 5.17. The zero-order valence-corrected chi connectivity index (χ0v) is 17.6. The van der Waals surface area contributed by atoms with E-state index < -0.39 is 10.0 Å². The van der Waals surface area contributed by atoms with Crippen LogP contribution in [0.15, 0.2) is 53.7 Å². The number of aromatic nitrogens is 1. The van der Waals surface area contributed by atoms with Crippen molar-refractivity contribution in [1.29, 1.82) is 0 Å². The first-order valence-electron chi connectivity index (χ1n) is 9.88. The minimum atomic E-state index is -3.58. The Morgan fingerprint density at radius 3 is 2.38 bits per heavy atom. The number of urea groups is 1. The Hall–Kier alpha value is -2.45. The van der Waals surface area contributed by atoms with E-state index in [1.807, 2.05) is 6.07 Å². The molecule has 1 aliphatic rings. The van der Waals surface area contributed by atoms with Crippen LogP contribution in [0.5, 0.6) is 0 Å². The maximum absolute atomic E-state index is 12.7. The number of benzene rings is 1. The van der Waals surface area contributed by atoms with Crippen molar-refractivity contribution in [3.8, 4) is 0 Å². The fraction of sp³-hybridized carbons (Fsp3) is 0.429. The summed E-state index contributed by atoms with van der Waals surface area (Å²) in [7, 11) is -3.58. The van der Waals surface area contributed by atoms with E-state index in [0.29, 0.717) is 24.1 Å². The lowest BCUT2D eigenvalue weighted by Gasteiger charge is -2.31. The zero-order chi connectivity index (χ0) is 20.9. The van der Waals surface area contributed by atoms with Gasteiger partial charge in [-0.3, -0.25) is 4.98 Å². The molecular formula is C21H28N4O3S. The lowest BCUT2D eigenvalue weighted by atomic mass is 9.81. The molecule has 0 saturated heterocycles. The Morgan fingerprint density at radius 2 is 1.76 bits per heavy atom. The van der Waals surface area contributed by atoms with Gasteiger partial charge in [0.05, 0.1) is 4.90 Å². The van der Waals surface area contributed by atoms with Crippen molar-refractivity contribution < 1.29 is 13.2 Å². The van der Waals surface area contributed by atoms with Crippen molar-refractivity contribution >= 4 is 21.7 Å². The van der Waals surface area contributed by atoms with E-state index in [-0.39, 0.29) is 17.0 Å². The summed E-state index contributed by atoms with van der Waals surface area (Å²) in [5, 5.41) is 5.43. The molecule has 1 fully saturated rings. The van der Waals surface area contributed by atoms with Crippen LogP contribution < -0.4 is 15.4 Å². The van der Waals surface area contributed by atoms with Crippen LogP contribution in [0.3, 0.4) is 0 Å². The Labute approximate surface area is 172 Å². The van der Waals surface area contributed by atoms with E-state index >= 15 is 0 Å². The van der Waals surface area contributed by atoms with Crippen LogP contribution in [-0.4, -0.2) is 25.5 Å². The number of anilines is 1. The van der Waals surface area contributed by atoms with Crippen molar-refractivity contribution in [2.45, 2.75) is 50.6 Å². The van der Waals surface area contributed by atoms with Crippen LogP contribution in [0.4, 0.5) is 10.5 Å². The molecule has 2 aromatic rings. The molecular weight excluding hydrogens is 388 g/mol. The molecule has 0 spiro atoms. The Morgan fingerprint density at radius 1 is 1.07 bits per heavy atom. The van der Waals surface area contributed by atoms with Crippen LogP contribution in [0.1, 0.15) is 38.7 Å². The second kappa shape index (κ2) is 9.37. The summed E-state index contributed by atoms with van der Waals surface area (Å²) in [6.45, 7) is 4.68. The predicted octanol–water partition coefficient (Wildman–Crippen LogP) is 3.51. The highest BCUT2D eigenvalue weighted by Crippen LogP contribution is 2.29. The first-order chi connectivity index (χ1) is 13.8. The Bertz CT molecular complexity index is 907. The number of rotatable bonds is 6. The number of sulfonamides is 1. The lowest BCUT2D eigenvalue weighted by Crippen LogP contribution is -2.39. The summed E-state index contributed by atoms with van der Waals surface area (Å²) in [4.78, 5) is 16.2.